The van der Waals surface area contributed by atoms with E-state index in [4.69, 9.17) is 13.9 Å². The SMILES string of the molecule is CC(C)(C)[Si](O[C@H]1C[C@H]2OC(=O)C[C@H]2[C@@H]1COC(=O)c1ccccc1)(c1ccccc1)c1ccccc1. The summed E-state index contributed by atoms with van der Waals surface area (Å²) in [5, 5.41) is 2.21. The quantitative estimate of drug-likeness (QED) is 0.337. The molecule has 2 fully saturated rings. The minimum atomic E-state index is -2.82. The highest BCUT2D eigenvalue weighted by molar-refractivity contribution is 6.99. The van der Waals surface area contributed by atoms with Gasteiger partial charge in [-0.25, -0.2) is 4.79 Å². The van der Waals surface area contributed by atoms with Gasteiger partial charge in [-0.1, -0.05) is 99.6 Å². The Morgan fingerprint density at radius 1 is 0.892 bits per heavy atom. The van der Waals surface area contributed by atoms with E-state index < -0.39 is 8.32 Å². The summed E-state index contributed by atoms with van der Waals surface area (Å²) >= 11 is 0. The molecule has 1 saturated carbocycles. The lowest BCUT2D eigenvalue weighted by Gasteiger charge is -2.45. The van der Waals surface area contributed by atoms with Gasteiger partial charge in [-0.15, -0.1) is 0 Å². The highest BCUT2D eigenvalue weighted by Gasteiger charge is 2.57. The van der Waals surface area contributed by atoms with Gasteiger partial charge in [-0.3, -0.25) is 4.79 Å². The molecule has 5 nitrogen and oxygen atoms in total. The maximum absolute atomic E-state index is 12.8. The lowest BCUT2D eigenvalue weighted by Crippen LogP contribution is -2.68. The maximum atomic E-state index is 12.8. The Morgan fingerprint density at radius 2 is 1.43 bits per heavy atom. The Kier molecular flexibility index (Phi) is 7.06. The van der Waals surface area contributed by atoms with Gasteiger partial charge in [0.25, 0.3) is 8.32 Å². The van der Waals surface area contributed by atoms with Crippen molar-refractivity contribution in [2.45, 2.75) is 50.9 Å². The summed E-state index contributed by atoms with van der Waals surface area (Å²) in [7, 11) is -2.82. The molecule has 3 aromatic carbocycles. The van der Waals surface area contributed by atoms with Crippen molar-refractivity contribution in [2.75, 3.05) is 6.61 Å². The second-order valence-corrected chi connectivity index (χ2v) is 15.3. The Hall–Kier alpha value is -3.22. The molecule has 0 unspecified atom stereocenters. The molecule has 1 aliphatic carbocycles. The maximum Gasteiger partial charge on any atom is 0.338 e. The van der Waals surface area contributed by atoms with Gasteiger partial charge < -0.3 is 13.9 Å². The van der Waals surface area contributed by atoms with Crippen molar-refractivity contribution in [3.05, 3.63) is 96.6 Å². The molecule has 6 heteroatoms. The molecule has 192 valence electrons. The van der Waals surface area contributed by atoms with Crippen LogP contribution in [-0.4, -0.2) is 39.1 Å². The van der Waals surface area contributed by atoms with E-state index in [0.29, 0.717) is 18.4 Å². The molecule has 4 atom stereocenters. The van der Waals surface area contributed by atoms with Crippen molar-refractivity contribution in [3.63, 3.8) is 0 Å². The first kappa shape index (κ1) is 25.4. The van der Waals surface area contributed by atoms with Gasteiger partial charge in [-0.2, -0.15) is 0 Å². The zero-order chi connectivity index (χ0) is 26.0. The molecule has 0 N–H and O–H groups in total. The molecule has 1 saturated heterocycles. The molecule has 0 amide bonds. The molecule has 1 aliphatic heterocycles. The van der Waals surface area contributed by atoms with E-state index in [-0.39, 0.29) is 47.6 Å². The summed E-state index contributed by atoms with van der Waals surface area (Å²) < 4.78 is 18.9. The van der Waals surface area contributed by atoms with Crippen LogP contribution in [0.5, 0.6) is 0 Å². The van der Waals surface area contributed by atoms with Gasteiger partial charge in [0.05, 0.1) is 24.7 Å². The largest absolute Gasteiger partial charge is 0.462 e. The second kappa shape index (κ2) is 10.3. The molecule has 0 radical (unpaired) electrons. The minimum absolute atomic E-state index is 0.0284. The fraction of sp³-hybridized carbons (Fsp3) is 0.355. The first-order chi connectivity index (χ1) is 17.8. The lowest BCUT2D eigenvalue weighted by molar-refractivity contribution is -0.141. The van der Waals surface area contributed by atoms with Crippen LogP contribution >= 0.6 is 0 Å². The van der Waals surface area contributed by atoms with E-state index in [1.54, 1.807) is 12.1 Å². The summed E-state index contributed by atoms with van der Waals surface area (Å²) in [5.74, 6) is -0.707. The average Bonchev–Trinajstić information content (AvgIpc) is 3.41. The predicted molar refractivity (Wildman–Crippen MR) is 145 cm³/mol. The minimum Gasteiger partial charge on any atom is -0.462 e. The number of rotatable bonds is 7. The van der Waals surface area contributed by atoms with Crippen LogP contribution in [0.15, 0.2) is 91.0 Å². The fourth-order valence-electron chi connectivity index (χ4n) is 6.07. The van der Waals surface area contributed by atoms with Crippen LogP contribution in [0.1, 0.15) is 44.0 Å². The highest BCUT2D eigenvalue weighted by atomic mass is 28.4. The van der Waals surface area contributed by atoms with Crippen LogP contribution in [0.4, 0.5) is 0 Å². The number of hydrogen-bond donors (Lipinski definition) is 0. The number of carbonyl (C=O) groups excluding carboxylic acids is 2. The van der Waals surface area contributed by atoms with Crippen LogP contribution in [0.3, 0.4) is 0 Å². The van der Waals surface area contributed by atoms with Crippen LogP contribution in [-0.2, 0) is 18.7 Å². The van der Waals surface area contributed by atoms with Gasteiger partial charge in [0.1, 0.15) is 6.10 Å². The topological polar surface area (TPSA) is 61.8 Å². The molecule has 1 heterocycles. The summed E-state index contributed by atoms with van der Waals surface area (Å²) in [6, 6.07) is 30.0. The highest BCUT2D eigenvalue weighted by Crippen LogP contribution is 2.46. The van der Waals surface area contributed by atoms with Crippen LogP contribution < -0.4 is 10.4 Å². The van der Waals surface area contributed by atoms with E-state index in [1.807, 2.05) is 30.3 Å². The molecular formula is C31H34O5Si. The molecule has 0 aromatic heterocycles. The fourth-order valence-corrected chi connectivity index (χ4v) is 10.8. The monoisotopic (exact) mass is 514 g/mol. The van der Waals surface area contributed by atoms with Crippen molar-refractivity contribution in [1.29, 1.82) is 0 Å². The van der Waals surface area contributed by atoms with Crippen molar-refractivity contribution < 1.29 is 23.5 Å². The molecular weight excluding hydrogens is 480 g/mol. The van der Waals surface area contributed by atoms with Crippen LogP contribution in [0.25, 0.3) is 0 Å². The van der Waals surface area contributed by atoms with E-state index in [9.17, 15) is 9.59 Å². The number of ether oxygens (including phenoxy) is 2. The third kappa shape index (κ3) is 4.88. The molecule has 3 aromatic rings. The van der Waals surface area contributed by atoms with Gasteiger partial charge in [-0.05, 0) is 27.5 Å². The van der Waals surface area contributed by atoms with Gasteiger partial charge >= 0.3 is 11.9 Å². The second-order valence-electron chi connectivity index (χ2n) is 11.1. The standard InChI is InChI=1S/C31H34O5Si/c1-31(2,3)37(23-15-9-5-10-16-23,24-17-11-6-12-18-24)36-28-20-27-25(19-29(32)35-27)26(28)21-34-30(33)22-13-7-4-8-14-22/h4-18,25-28H,19-21H2,1-3H3/t25-,26-,27+,28-/m0/s1. The summed E-state index contributed by atoms with van der Waals surface area (Å²) in [5.41, 5.74) is 0.514. The Balaban J connectivity index is 1.51. The normalized spacial score (nSPS) is 23.4. The Morgan fingerprint density at radius 3 is 1.97 bits per heavy atom. The number of fused-ring (bicyclic) bond motifs is 1. The molecule has 0 bridgehead atoms. The Bertz CT molecular complexity index is 1180. The summed E-state index contributed by atoms with van der Waals surface area (Å²) in [6.07, 6.45) is 0.516. The number of esters is 2. The van der Waals surface area contributed by atoms with Gasteiger partial charge in [0.15, 0.2) is 0 Å². The third-order valence-electron chi connectivity index (χ3n) is 7.82. The first-order valence-corrected chi connectivity index (χ1v) is 14.9. The summed E-state index contributed by atoms with van der Waals surface area (Å²) in [4.78, 5) is 25.0. The van der Waals surface area contributed by atoms with E-state index in [2.05, 4.69) is 69.3 Å². The molecule has 5 rings (SSSR count). The van der Waals surface area contributed by atoms with Crippen LogP contribution in [0, 0.1) is 11.8 Å². The zero-order valence-corrected chi connectivity index (χ0v) is 22.6. The third-order valence-corrected chi connectivity index (χ3v) is 12.9. The van der Waals surface area contributed by atoms with Crippen LogP contribution in [0.2, 0.25) is 5.04 Å². The van der Waals surface area contributed by atoms with E-state index >= 15 is 0 Å². The van der Waals surface area contributed by atoms with Crippen molar-refractivity contribution >= 4 is 30.6 Å². The average molecular weight is 515 g/mol. The van der Waals surface area contributed by atoms with E-state index in [0.717, 1.165) is 0 Å². The van der Waals surface area contributed by atoms with Crippen molar-refractivity contribution in [2.24, 2.45) is 11.8 Å². The Labute approximate surface area is 219 Å². The van der Waals surface area contributed by atoms with Crippen molar-refractivity contribution in [1.82, 2.24) is 0 Å². The predicted octanol–water partition coefficient (Wildman–Crippen LogP) is 4.74. The molecule has 0 spiro atoms. The molecule has 37 heavy (non-hydrogen) atoms. The molecule has 2 aliphatic rings. The smallest absolute Gasteiger partial charge is 0.338 e. The number of hydrogen-bond acceptors (Lipinski definition) is 5. The first-order valence-electron chi connectivity index (χ1n) is 13.0. The number of benzene rings is 3. The number of carbonyl (C=O) groups is 2. The lowest BCUT2D eigenvalue weighted by atomic mass is 9.93. The van der Waals surface area contributed by atoms with E-state index in [1.165, 1.54) is 10.4 Å². The van der Waals surface area contributed by atoms with Gasteiger partial charge in [0, 0.05) is 18.3 Å². The van der Waals surface area contributed by atoms with Crippen molar-refractivity contribution in [3.8, 4) is 0 Å². The zero-order valence-electron chi connectivity index (χ0n) is 21.6. The summed E-state index contributed by atoms with van der Waals surface area (Å²) in [6.45, 7) is 6.94. The van der Waals surface area contributed by atoms with Gasteiger partial charge in [0.2, 0.25) is 0 Å².